The molecule has 1 fully saturated rings. The molecule has 0 saturated heterocycles. The Bertz CT molecular complexity index is 97.4. The third-order valence-electron chi connectivity index (χ3n) is 2.50. The van der Waals surface area contributed by atoms with E-state index in [1.165, 1.54) is 25.7 Å². The number of hydrogen-bond acceptors (Lipinski definition) is 2. The Kier molecular flexibility index (Phi) is 2.69. The van der Waals surface area contributed by atoms with Gasteiger partial charge in [-0.1, -0.05) is 12.8 Å². The minimum Gasteiger partial charge on any atom is -0.392 e. The number of aliphatic hydroxyl groups is 1. The minimum atomic E-state index is -0.330. The normalized spacial score (nSPS) is 26.7. The van der Waals surface area contributed by atoms with Crippen LogP contribution < -0.4 is 5.73 Å². The second-order valence-corrected chi connectivity index (χ2v) is 3.36. The first-order chi connectivity index (χ1) is 4.72. The van der Waals surface area contributed by atoms with Gasteiger partial charge in [-0.05, 0) is 25.7 Å². The fraction of sp³-hybridized carbons (Fsp3) is 1.00. The molecular weight excluding hydrogens is 126 g/mol. The Balaban J connectivity index is 2.32. The van der Waals surface area contributed by atoms with Crippen LogP contribution in [-0.2, 0) is 0 Å². The van der Waals surface area contributed by atoms with E-state index in [0.717, 1.165) is 0 Å². The maximum atomic E-state index is 9.16. The predicted octanol–water partition coefficient (Wildman–Crippen LogP) is 0.885. The van der Waals surface area contributed by atoms with Gasteiger partial charge in [0.2, 0.25) is 0 Å². The van der Waals surface area contributed by atoms with Crippen LogP contribution in [0.5, 0.6) is 0 Å². The lowest BCUT2D eigenvalue weighted by Gasteiger charge is -2.20. The summed E-state index contributed by atoms with van der Waals surface area (Å²) in [6, 6.07) is 0.0162. The van der Waals surface area contributed by atoms with Crippen LogP contribution in [0.4, 0.5) is 0 Å². The summed E-state index contributed by atoms with van der Waals surface area (Å²) in [6.45, 7) is 1.78. The Morgan fingerprint density at radius 2 is 1.90 bits per heavy atom. The van der Waals surface area contributed by atoms with E-state index < -0.39 is 0 Å². The molecule has 0 unspecified atom stereocenters. The van der Waals surface area contributed by atoms with E-state index in [-0.39, 0.29) is 12.1 Å². The molecule has 0 aromatic heterocycles. The highest BCUT2D eigenvalue weighted by Crippen LogP contribution is 2.27. The van der Waals surface area contributed by atoms with Crippen molar-refractivity contribution < 1.29 is 5.11 Å². The summed E-state index contributed by atoms with van der Waals surface area (Å²) in [5.74, 6) is 0.583. The molecular formula is C8H17NO. The molecule has 0 radical (unpaired) electrons. The molecule has 2 nitrogen and oxygen atoms in total. The molecule has 2 atom stereocenters. The quantitative estimate of drug-likeness (QED) is 0.603. The molecule has 0 aromatic carbocycles. The van der Waals surface area contributed by atoms with Gasteiger partial charge in [-0.2, -0.15) is 0 Å². The third kappa shape index (κ3) is 1.70. The van der Waals surface area contributed by atoms with Crippen molar-refractivity contribution in [3.63, 3.8) is 0 Å². The zero-order valence-electron chi connectivity index (χ0n) is 6.59. The van der Waals surface area contributed by atoms with Crippen LogP contribution in [0.15, 0.2) is 0 Å². The van der Waals surface area contributed by atoms with Crippen LogP contribution in [0.2, 0.25) is 0 Å². The van der Waals surface area contributed by atoms with Crippen LogP contribution in [-0.4, -0.2) is 17.3 Å². The standard InChI is InChI=1S/C8H17NO/c1-6(10)8(9)7-4-2-3-5-7/h6-8,10H,2-5,9H2,1H3/t6-,8+/m0/s1. The lowest BCUT2D eigenvalue weighted by Crippen LogP contribution is -2.38. The molecule has 0 heterocycles. The van der Waals surface area contributed by atoms with Crippen molar-refractivity contribution in [2.24, 2.45) is 11.7 Å². The van der Waals surface area contributed by atoms with E-state index in [4.69, 9.17) is 10.8 Å². The van der Waals surface area contributed by atoms with Crippen molar-refractivity contribution in [2.45, 2.75) is 44.8 Å². The molecule has 60 valence electrons. The van der Waals surface area contributed by atoms with Gasteiger partial charge in [0.15, 0.2) is 0 Å². The predicted molar refractivity (Wildman–Crippen MR) is 41.6 cm³/mol. The Labute approximate surface area is 62.4 Å². The van der Waals surface area contributed by atoms with Crippen molar-refractivity contribution >= 4 is 0 Å². The van der Waals surface area contributed by atoms with Crippen LogP contribution in [0.1, 0.15) is 32.6 Å². The molecule has 3 N–H and O–H groups in total. The van der Waals surface area contributed by atoms with Gasteiger partial charge >= 0.3 is 0 Å². The highest BCUT2D eigenvalue weighted by molar-refractivity contribution is 4.80. The lowest BCUT2D eigenvalue weighted by atomic mass is 9.95. The van der Waals surface area contributed by atoms with E-state index in [0.29, 0.717) is 5.92 Å². The highest BCUT2D eigenvalue weighted by atomic mass is 16.3. The second-order valence-electron chi connectivity index (χ2n) is 3.36. The molecule has 0 amide bonds. The average molecular weight is 143 g/mol. The van der Waals surface area contributed by atoms with Crippen molar-refractivity contribution in [2.75, 3.05) is 0 Å². The summed E-state index contributed by atoms with van der Waals surface area (Å²) in [7, 11) is 0. The molecule has 2 heteroatoms. The van der Waals surface area contributed by atoms with Crippen LogP contribution >= 0.6 is 0 Å². The SMILES string of the molecule is C[C@H](O)[C@@H](N)C1CCCC1. The number of hydrogen-bond donors (Lipinski definition) is 2. The monoisotopic (exact) mass is 143 g/mol. The second kappa shape index (κ2) is 3.35. The van der Waals surface area contributed by atoms with Gasteiger partial charge in [0, 0.05) is 6.04 Å². The van der Waals surface area contributed by atoms with Crippen molar-refractivity contribution in [3.05, 3.63) is 0 Å². The smallest absolute Gasteiger partial charge is 0.0665 e. The summed E-state index contributed by atoms with van der Waals surface area (Å²) in [4.78, 5) is 0. The summed E-state index contributed by atoms with van der Waals surface area (Å²) in [5, 5.41) is 9.16. The number of aliphatic hydroxyl groups excluding tert-OH is 1. The molecule has 0 aliphatic heterocycles. The zero-order chi connectivity index (χ0) is 7.56. The fourth-order valence-corrected chi connectivity index (χ4v) is 1.74. The van der Waals surface area contributed by atoms with Crippen molar-refractivity contribution in [3.8, 4) is 0 Å². The van der Waals surface area contributed by atoms with E-state index in [9.17, 15) is 0 Å². The zero-order valence-corrected chi connectivity index (χ0v) is 6.59. The van der Waals surface area contributed by atoms with Crippen molar-refractivity contribution in [1.82, 2.24) is 0 Å². The van der Waals surface area contributed by atoms with Gasteiger partial charge in [0.25, 0.3) is 0 Å². The molecule has 10 heavy (non-hydrogen) atoms. The van der Waals surface area contributed by atoms with Gasteiger partial charge in [-0.15, -0.1) is 0 Å². The van der Waals surface area contributed by atoms with Crippen LogP contribution in [0, 0.1) is 5.92 Å². The number of nitrogens with two attached hydrogens (primary N) is 1. The maximum absolute atomic E-state index is 9.16. The molecule has 1 aliphatic carbocycles. The summed E-state index contributed by atoms with van der Waals surface area (Å²) < 4.78 is 0. The number of rotatable bonds is 2. The molecule has 0 bridgehead atoms. The fourth-order valence-electron chi connectivity index (χ4n) is 1.74. The molecule has 1 rings (SSSR count). The van der Waals surface area contributed by atoms with Crippen LogP contribution in [0.3, 0.4) is 0 Å². The van der Waals surface area contributed by atoms with E-state index in [2.05, 4.69) is 0 Å². The van der Waals surface area contributed by atoms with Gasteiger partial charge < -0.3 is 10.8 Å². The van der Waals surface area contributed by atoms with E-state index in [1.807, 2.05) is 0 Å². The van der Waals surface area contributed by atoms with E-state index in [1.54, 1.807) is 6.92 Å². The lowest BCUT2D eigenvalue weighted by molar-refractivity contribution is 0.135. The molecule has 0 spiro atoms. The largest absolute Gasteiger partial charge is 0.392 e. The molecule has 0 aromatic rings. The minimum absolute atomic E-state index is 0.0162. The van der Waals surface area contributed by atoms with Crippen LogP contribution in [0.25, 0.3) is 0 Å². The topological polar surface area (TPSA) is 46.2 Å². The molecule has 1 aliphatic rings. The summed E-state index contributed by atoms with van der Waals surface area (Å²) in [6.07, 6.45) is 4.69. The highest BCUT2D eigenvalue weighted by Gasteiger charge is 2.24. The van der Waals surface area contributed by atoms with Gasteiger partial charge in [0.1, 0.15) is 0 Å². The van der Waals surface area contributed by atoms with Crippen molar-refractivity contribution in [1.29, 1.82) is 0 Å². The summed E-state index contributed by atoms with van der Waals surface area (Å²) >= 11 is 0. The Hall–Kier alpha value is -0.0800. The Morgan fingerprint density at radius 1 is 1.40 bits per heavy atom. The van der Waals surface area contributed by atoms with Gasteiger partial charge in [-0.3, -0.25) is 0 Å². The maximum Gasteiger partial charge on any atom is 0.0665 e. The third-order valence-corrected chi connectivity index (χ3v) is 2.50. The van der Waals surface area contributed by atoms with E-state index >= 15 is 0 Å². The Morgan fingerprint density at radius 3 is 2.30 bits per heavy atom. The van der Waals surface area contributed by atoms with Gasteiger partial charge in [0.05, 0.1) is 6.10 Å². The van der Waals surface area contributed by atoms with Gasteiger partial charge in [-0.25, -0.2) is 0 Å². The first-order valence-corrected chi connectivity index (χ1v) is 4.15. The summed E-state index contributed by atoms with van der Waals surface area (Å²) in [5.41, 5.74) is 5.77. The first-order valence-electron chi connectivity index (χ1n) is 4.15. The first kappa shape index (κ1) is 8.02. The average Bonchev–Trinajstić information content (AvgIpc) is 2.36. The molecule has 1 saturated carbocycles.